The maximum absolute atomic E-state index is 11.7. The summed E-state index contributed by atoms with van der Waals surface area (Å²) in [5.41, 5.74) is 0.430. The Kier molecular flexibility index (Phi) is 7.02. The summed E-state index contributed by atoms with van der Waals surface area (Å²) in [6.45, 7) is 0.534. The largest absolute Gasteiger partial charge is 0.482 e. The van der Waals surface area contributed by atoms with E-state index in [2.05, 4.69) is 17.4 Å². The summed E-state index contributed by atoms with van der Waals surface area (Å²) in [5.74, 6) is 1.20. The molecule has 23 heavy (non-hydrogen) atoms. The lowest BCUT2D eigenvalue weighted by Crippen LogP contribution is -2.30. The number of nitrogens with zero attached hydrogens (tertiary/aromatic N) is 1. The number of thioether (sulfide) groups is 1. The quantitative estimate of drug-likeness (QED) is 0.597. The van der Waals surface area contributed by atoms with Gasteiger partial charge in [0.1, 0.15) is 11.8 Å². The van der Waals surface area contributed by atoms with Crippen LogP contribution in [0.5, 0.6) is 5.75 Å². The van der Waals surface area contributed by atoms with E-state index in [0.717, 1.165) is 12.2 Å². The van der Waals surface area contributed by atoms with Gasteiger partial charge < -0.3 is 10.1 Å². The maximum atomic E-state index is 11.7. The van der Waals surface area contributed by atoms with E-state index in [0.29, 0.717) is 17.9 Å². The molecule has 2 rings (SSSR count). The zero-order chi connectivity index (χ0) is 16.3. The zero-order valence-electron chi connectivity index (χ0n) is 12.7. The predicted octanol–water partition coefficient (Wildman–Crippen LogP) is 3.24. The summed E-state index contributed by atoms with van der Waals surface area (Å²) >= 11 is 1.77. The molecule has 2 aromatic rings. The van der Waals surface area contributed by atoms with Gasteiger partial charge in [-0.25, -0.2) is 0 Å². The molecule has 4 nitrogen and oxygen atoms in total. The Bertz CT molecular complexity index is 668. The van der Waals surface area contributed by atoms with Crippen LogP contribution in [0.25, 0.3) is 0 Å². The minimum Gasteiger partial charge on any atom is -0.482 e. The second kappa shape index (κ2) is 9.54. The van der Waals surface area contributed by atoms with Gasteiger partial charge in [0.15, 0.2) is 6.61 Å². The fraction of sp³-hybridized carbons (Fsp3) is 0.222. The Morgan fingerprint density at radius 3 is 2.65 bits per heavy atom. The highest BCUT2D eigenvalue weighted by Gasteiger charge is 2.05. The number of carbonyl (C=O) groups is 1. The summed E-state index contributed by atoms with van der Waals surface area (Å²) < 4.78 is 5.38. The van der Waals surface area contributed by atoms with Crippen LogP contribution in [0.15, 0.2) is 59.5 Å². The molecular formula is C18H18N2O2S. The smallest absolute Gasteiger partial charge is 0.257 e. The van der Waals surface area contributed by atoms with E-state index >= 15 is 0 Å². The summed E-state index contributed by atoms with van der Waals surface area (Å²) in [6.07, 6.45) is 0.889. The van der Waals surface area contributed by atoms with Gasteiger partial charge in [-0.05, 0) is 36.4 Å². The van der Waals surface area contributed by atoms with Crippen molar-refractivity contribution in [3.63, 3.8) is 0 Å². The molecule has 0 bridgehead atoms. The molecule has 0 saturated carbocycles. The zero-order valence-corrected chi connectivity index (χ0v) is 13.5. The first-order valence-corrected chi connectivity index (χ1v) is 8.34. The normalized spacial score (nSPS) is 9.87. The van der Waals surface area contributed by atoms with Gasteiger partial charge in [0.05, 0.1) is 5.56 Å². The van der Waals surface area contributed by atoms with Crippen LogP contribution in [0.3, 0.4) is 0 Å². The molecule has 0 aliphatic rings. The molecule has 2 aromatic carbocycles. The number of nitriles is 1. The van der Waals surface area contributed by atoms with Crippen molar-refractivity contribution in [3.8, 4) is 11.8 Å². The van der Waals surface area contributed by atoms with Crippen LogP contribution in [-0.2, 0) is 4.79 Å². The van der Waals surface area contributed by atoms with Gasteiger partial charge in [0, 0.05) is 11.4 Å². The minimum atomic E-state index is -0.178. The standard InChI is InChI=1S/C18H18N2O2S/c19-13-15-7-4-5-10-17(15)22-14-18(21)20-11-6-12-23-16-8-2-1-3-9-16/h1-5,7-10H,6,11-12,14H2,(H,20,21). The fourth-order valence-electron chi connectivity index (χ4n) is 1.89. The van der Waals surface area contributed by atoms with E-state index in [1.807, 2.05) is 24.3 Å². The lowest BCUT2D eigenvalue weighted by atomic mass is 10.2. The van der Waals surface area contributed by atoms with Crippen LogP contribution in [0.2, 0.25) is 0 Å². The van der Waals surface area contributed by atoms with Crippen LogP contribution in [0.4, 0.5) is 0 Å². The number of benzene rings is 2. The Labute approximate surface area is 140 Å². The van der Waals surface area contributed by atoms with E-state index in [-0.39, 0.29) is 12.5 Å². The van der Waals surface area contributed by atoms with Gasteiger partial charge in [-0.15, -0.1) is 11.8 Å². The number of carbonyl (C=O) groups excluding carboxylic acids is 1. The first-order chi connectivity index (χ1) is 11.3. The molecule has 5 heteroatoms. The second-order valence-electron chi connectivity index (χ2n) is 4.76. The van der Waals surface area contributed by atoms with Crippen LogP contribution >= 0.6 is 11.8 Å². The number of para-hydroxylation sites is 1. The van der Waals surface area contributed by atoms with Crippen molar-refractivity contribution in [2.24, 2.45) is 0 Å². The van der Waals surface area contributed by atoms with Crippen molar-refractivity contribution in [1.29, 1.82) is 5.26 Å². The Balaban J connectivity index is 1.61. The van der Waals surface area contributed by atoms with Crippen molar-refractivity contribution in [2.45, 2.75) is 11.3 Å². The molecule has 0 spiro atoms. The number of hydrogen-bond donors (Lipinski definition) is 1. The highest BCUT2D eigenvalue weighted by atomic mass is 32.2. The van der Waals surface area contributed by atoms with Crippen molar-refractivity contribution in [3.05, 3.63) is 60.2 Å². The molecule has 0 aromatic heterocycles. The van der Waals surface area contributed by atoms with Crippen LogP contribution in [0.1, 0.15) is 12.0 Å². The number of rotatable bonds is 8. The first-order valence-electron chi connectivity index (χ1n) is 7.36. The minimum absolute atomic E-state index is 0.0788. The molecule has 0 saturated heterocycles. The fourth-order valence-corrected chi connectivity index (χ4v) is 2.76. The van der Waals surface area contributed by atoms with E-state index in [1.54, 1.807) is 36.0 Å². The third-order valence-electron chi connectivity index (χ3n) is 3.02. The van der Waals surface area contributed by atoms with Crippen LogP contribution < -0.4 is 10.1 Å². The number of nitrogens with one attached hydrogen (secondary N) is 1. The number of ether oxygens (including phenoxy) is 1. The third kappa shape index (κ3) is 6.05. The van der Waals surface area contributed by atoms with Gasteiger partial charge in [-0.2, -0.15) is 5.26 Å². The van der Waals surface area contributed by atoms with Gasteiger partial charge in [-0.3, -0.25) is 4.79 Å². The van der Waals surface area contributed by atoms with E-state index < -0.39 is 0 Å². The molecule has 0 radical (unpaired) electrons. The topological polar surface area (TPSA) is 62.1 Å². The van der Waals surface area contributed by atoms with E-state index in [1.165, 1.54) is 4.90 Å². The molecular weight excluding hydrogens is 308 g/mol. The van der Waals surface area contributed by atoms with Crippen molar-refractivity contribution in [2.75, 3.05) is 18.9 Å². The molecule has 0 fully saturated rings. The van der Waals surface area contributed by atoms with Crippen molar-refractivity contribution in [1.82, 2.24) is 5.32 Å². The van der Waals surface area contributed by atoms with Crippen molar-refractivity contribution >= 4 is 17.7 Å². The van der Waals surface area contributed by atoms with E-state index in [4.69, 9.17) is 10.00 Å². The Hall–Kier alpha value is -2.45. The van der Waals surface area contributed by atoms with Crippen molar-refractivity contribution < 1.29 is 9.53 Å². The summed E-state index contributed by atoms with van der Waals surface area (Å²) in [7, 11) is 0. The summed E-state index contributed by atoms with van der Waals surface area (Å²) in [6, 6.07) is 19.1. The highest BCUT2D eigenvalue weighted by Crippen LogP contribution is 2.17. The lowest BCUT2D eigenvalue weighted by molar-refractivity contribution is -0.123. The molecule has 0 atom stereocenters. The Morgan fingerprint density at radius 2 is 1.87 bits per heavy atom. The van der Waals surface area contributed by atoms with Gasteiger partial charge in [0.2, 0.25) is 0 Å². The van der Waals surface area contributed by atoms with Gasteiger partial charge in [0.25, 0.3) is 5.91 Å². The average Bonchev–Trinajstić information content (AvgIpc) is 2.60. The molecule has 0 aliphatic heterocycles. The number of amides is 1. The molecule has 118 valence electrons. The van der Waals surface area contributed by atoms with E-state index in [9.17, 15) is 4.79 Å². The van der Waals surface area contributed by atoms with Crippen LogP contribution in [0, 0.1) is 11.3 Å². The summed E-state index contributed by atoms with van der Waals surface area (Å²) in [5, 5.41) is 11.8. The average molecular weight is 326 g/mol. The summed E-state index contributed by atoms with van der Waals surface area (Å²) in [4.78, 5) is 13.0. The molecule has 0 heterocycles. The van der Waals surface area contributed by atoms with Crippen LogP contribution in [-0.4, -0.2) is 24.8 Å². The second-order valence-corrected chi connectivity index (χ2v) is 5.93. The van der Waals surface area contributed by atoms with Gasteiger partial charge in [-0.1, -0.05) is 30.3 Å². The number of hydrogen-bond acceptors (Lipinski definition) is 4. The predicted molar refractivity (Wildman–Crippen MR) is 91.4 cm³/mol. The molecule has 0 aliphatic carbocycles. The van der Waals surface area contributed by atoms with Gasteiger partial charge >= 0.3 is 0 Å². The first kappa shape index (κ1) is 16.9. The molecule has 0 unspecified atom stereocenters. The lowest BCUT2D eigenvalue weighted by Gasteiger charge is -2.08. The maximum Gasteiger partial charge on any atom is 0.257 e. The molecule has 1 amide bonds. The molecule has 1 N–H and O–H groups in total. The SMILES string of the molecule is N#Cc1ccccc1OCC(=O)NCCCSc1ccccc1. The third-order valence-corrected chi connectivity index (χ3v) is 4.12. The highest BCUT2D eigenvalue weighted by molar-refractivity contribution is 7.99. The monoisotopic (exact) mass is 326 g/mol. The Morgan fingerprint density at radius 1 is 1.13 bits per heavy atom.